The molecule has 6 aliphatic rings. The van der Waals surface area contributed by atoms with Gasteiger partial charge in [0.05, 0.1) is 11.5 Å². The van der Waals surface area contributed by atoms with Gasteiger partial charge in [-0.1, -0.05) is 25.5 Å². The molecular weight excluding hydrogens is 320 g/mol. The Bertz CT molecular complexity index is 658. The third-order valence-electron chi connectivity index (χ3n) is 8.11. The van der Waals surface area contributed by atoms with Gasteiger partial charge in [0.25, 0.3) is 0 Å². The summed E-state index contributed by atoms with van der Waals surface area (Å²) >= 11 is 0. The summed E-state index contributed by atoms with van der Waals surface area (Å²) in [7, 11) is 0. The minimum absolute atomic E-state index is 0.00782. The van der Waals surface area contributed by atoms with Gasteiger partial charge in [-0.25, -0.2) is 0 Å². The lowest BCUT2D eigenvalue weighted by Gasteiger charge is -2.69. The molecule has 25 heavy (non-hydrogen) atoms. The van der Waals surface area contributed by atoms with E-state index in [9.17, 15) is 10.2 Å². The maximum atomic E-state index is 11.8. The molecule has 0 aromatic rings. The maximum Gasteiger partial charge on any atom is 0.206 e. The fourth-order valence-corrected chi connectivity index (χ4v) is 7.27. The molecule has 6 rings (SSSR count). The Morgan fingerprint density at radius 1 is 1.08 bits per heavy atom. The van der Waals surface area contributed by atoms with Crippen molar-refractivity contribution < 1.29 is 24.4 Å². The van der Waals surface area contributed by atoms with Gasteiger partial charge in [0.1, 0.15) is 17.3 Å². The van der Waals surface area contributed by atoms with Crippen molar-refractivity contribution in [3.05, 3.63) is 11.6 Å². The van der Waals surface area contributed by atoms with Crippen molar-refractivity contribution in [2.24, 2.45) is 23.7 Å². The Labute approximate surface area is 149 Å². The zero-order valence-corrected chi connectivity index (χ0v) is 15.8. The Kier molecular flexibility index (Phi) is 3.01. The highest BCUT2D eigenvalue weighted by atomic mass is 16.8. The molecule has 5 heteroatoms. The first-order chi connectivity index (χ1) is 11.6. The molecule has 4 heterocycles. The summed E-state index contributed by atoms with van der Waals surface area (Å²) < 4.78 is 19.1. The monoisotopic (exact) mass is 350 g/mol. The number of rotatable bonds is 1. The van der Waals surface area contributed by atoms with E-state index >= 15 is 0 Å². The normalized spacial score (nSPS) is 64.3. The largest absolute Gasteiger partial charge is 0.384 e. The van der Waals surface area contributed by atoms with Crippen molar-refractivity contribution in [3.63, 3.8) is 0 Å². The summed E-state index contributed by atoms with van der Waals surface area (Å²) in [5.41, 5.74) is -1.26. The Morgan fingerprint density at radius 3 is 2.48 bits per heavy atom. The Balaban J connectivity index is 1.76. The van der Waals surface area contributed by atoms with E-state index in [4.69, 9.17) is 14.2 Å². The van der Waals surface area contributed by atoms with E-state index in [1.165, 1.54) is 5.57 Å². The van der Waals surface area contributed by atoms with E-state index in [-0.39, 0.29) is 23.9 Å². The van der Waals surface area contributed by atoms with Crippen molar-refractivity contribution >= 4 is 0 Å². The van der Waals surface area contributed by atoms with Gasteiger partial charge in [-0.3, -0.25) is 0 Å². The lowest BCUT2D eigenvalue weighted by Crippen LogP contribution is -2.84. The average Bonchev–Trinajstić information content (AvgIpc) is 2.89. The SMILES string of the molecule is CC(C)=CC1OC2(C)CC3OC14C(C)C1CCC(C)C1(O)C(O)(O3)C24. The van der Waals surface area contributed by atoms with E-state index in [2.05, 4.69) is 33.8 Å². The fraction of sp³-hybridized carbons (Fsp3) is 0.900. The first-order valence-electron chi connectivity index (χ1n) is 9.73. The highest BCUT2D eigenvalue weighted by Crippen LogP contribution is 2.73. The maximum absolute atomic E-state index is 11.8. The zero-order chi connectivity index (χ0) is 18.0. The fourth-order valence-electron chi connectivity index (χ4n) is 7.27. The van der Waals surface area contributed by atoms with Crippen LogP contribution in [-0.2, 0) is 14.2 Å². The second-order valence-electron chi connectivity index (χ2n) is 9.65. The van der Waals surface area contributed by atoms with Gasteiger partial charge < -0.3 is 24.4 Å². The predicted molar refractivity (Wildman–Crippen MR) is 90.5 cm³/mol. The average molecular weight is 350 g/mol. The molecule has 0 aromatic heterocycles. The van der Waals surface area contributed by atoms with Crippen LogP contribution in [-0.4, -0.2) is 45.2 Å². The second kappa shape index (κ2) is 4.50. The molecule has 4 saturated heterocycles. The van der Waals surface area contributed by atoms with Crippen molar-refractivity contribution in [2.75, 3.05) is 0 Å². The van der Waals surface area contributed by atoms with E-state index in [0.29, 0.717) is 6.42 Å². The number of fused-ring (bicyclic) bond motifs is 1. The molecule has 10 atom stereocenters. The first-order valence-corrected chi connectivity index (χ1v) is 9.73. The number of allylic oxidation sites excluding steroid dienone is 1. The van der Waals surface area contributed by atoms with Crippen molar-refractivity contribution in [2.45, 2.75) is 88.9 Å². The minimum Gasteiger partial charge on any atom is -0.384 e. The number of aliphatic hydroxyl groups is 2. The summed E-state index contributed by atoms with van der Waals surface area (Å²) in [5.74, 6) is -1.98. The smallest absolute Gasteiger partial charge is 0.206 e. The van der Waals surface area contributed by atoms with Crippen molar-refractivity contribution in [1.82, 2.24) is 0 Å². The van der Waals surface area contributed by atoms with Gasteiger partial charge in [0.2, 0.25) is 5.79 Å². The lowest BCUT2D eigenvalue weighted by atomic mass is 9.49. The van der Waals surface area contributed by atoms with Gasteiger partial charge in [-0.05, 0) is 51.4 Å². The minimum atomic E-state index is -1.61. The van der Waals surface area contributed by atoms with E-state index in [1.54, 1.807) is 0 Å². The topological polar surface area (TPSA) is 68.2 Å². The highest BCUT2D eigenvalue weighted by Gasteiger charge is 2.87. The summed E-state index contributed by atoms with van der Waals surface area (Å²) in [6.45, 7) is 10.4. The van der Waals surface area contributed by atoms with Crippen LogP contribution in [0.1, 0.15) is 53.9 Å². The molecule has 0 amide bonds. The molecule has 2 N–H and O–H groups in total. The van der Waals surface area contributed by atoms with Gasteiger partial charge in [0.15, 0.2) is 6.29 Å². The van der Waals surface area contributed by atoms with Gasteiger partial charge in [-0.15, -0.1) is 0 Å². The van der Waals surface area contributed by atoms with Crippen LogP contribution in [0, 0.1) is 23.7 Å². The molecule has 5 bridgehead atoms. The van der Waals surface area contributed by atoms with Crippen LogP contribution in [0.4, 0.5) is 0 Å². The van der Waals surface area contributed by atoms with Gasteiger partial charge in [-0.2, -0.15) is 0 Å². The van der Waals surface area contributed by atoms with Crippen LogP contribution < -0.4 is 0 Å². The molecule has 0 spiro atoms. The molecule has 2 saturated carbocycles. The highest BCUT2D eigenvalue weighted by molar-refractivity contribution is 5.33. The molecule has 4 aliphatic heterocycles. The number of hydrogen-bond donors (Lipinski definition) is 2. The van der Waals surface area contributed by atoms with Crippen LogP contribution in [0.15, 0.2) is 11.6 Å². The first kappa shape index (κ1) is 16.7. The summed E-state index contributed by atoms with van der Waals surface area (Å²) in [5, 5.41) is 23.6. The molecule has 5 nitrogen and oxygen atoms in total. The van der Waals surface area contributed by atoms with Crippen LogP contribution in [0.2, 0.25) is 0 Å². The van der Waals surface area contributed by atoms with Crippen LogP contribution in [0.25, 0.3) is 0 Å². The number of ether oxygens (including phenoxy) is 3. The second-order valence-corrected chi connectivity index (χ2v) is 9.65. The summed E-state index contributed by atoms with van der Waals surface area (Å²) in [4.78, 5) is 0. The van der Waals surface area contributed by atoms with Crippen molar-refractivity contribution in [3.8, 4) is 0 Å². The van der Waals surface area contributed by atoms with Crippen LogP contribution in [0.5, 0.6) is 0 Å². The van der Waals surface area contributed by atoms with Crippen molar-refractivity contribution in [1.29, 1.82) is 0 Å². The van der Waals surface area contributed by atoms with E-state index < -0.39 is 34.8 Å². The quantitative estimate of drug-likeness (QED) is 0.711. The summed E-state index contributed by atoms with van der Waals surface area (Å²) in [6.07, 6.45) is 3.75. The predicted octanol–water partition coefficient (Wildman–Crippen LogP) is 2.36. The standard InChI is InChI=1S/C20H30O5/c1-10(2)8-14-18-12(4)13-7-6-11(3)19(13,21)20(22)16(18)17(5,23-14)9-15(24-18)25-20/h8,11-16,21-22H,6-7,9H2,1-5H3. The molecule has 2 aliphatic carbocycles. The zero-order valence-electron chi connectivity index (χ0n) is 15.8. The molecule has 140 valence electrons. The molecule has 0 radical (unpaired) electrons. The third-order valence-corrected chi connectivity index (χ3v) is 8.11. The van der Waals surface area contributed by atoms with Crippen LogP contribution >= 0.6 is 0 Å². The molecule has 10 unspecified atom stereocenters. The molecular formula is C20H30O5. The van der Waals surface area contributed by atoms with E-state index in [1.807, 2.05) is 6.92 Å². The Hall–Kier alpha value is -0.460. The number of hydrogen-bond acceptors (Lipinski definition) is 5. The summed E-state index contributed by atoms with van der Waals surface area (Å²) in [6, 6.07) is 0. The Morgan fingerprint density at radius 2 is 1.80 bits per heavy atom. The third kappa shape index (κ3) is 1.56. The molecule has 6 fully saturated rings. The lowest BCUT2D eigenvalue weighted by molar-refractivity contribution is -0.505. The van der Waals surface area contributed by atoms with Crippen LogP contribution in [0.3, 0.4) is 0 Å². The van der Waals surface area contributed by atoms with Gasteiger partial charge in [0, 0.05) is 6.42 Å². The van der Waals surface area contributed by atoms with E-state index in [0.717, 1.165) is 12.8 Å². The van der Waals surface area contributed by atoms with Gasteiger partial charge >= 0.3 is 0 Å². The molecule has 0 aromatic carbocycles.